The zero-order valence-electron chi connectivity index (χ0n) is 6.45. The second-order valence-corrected chi connectivity index (χ2v) is 2.59. The average molecular weight is 172 g/mol. The Kier molecular flexibility index (Phi) is 3.17. The van der Waals surface area contributed by atoms with Crippen molar-refractivity contribution in [2.75, 3.05) is 0 Å². The van der Waals surface area contributed by atoms with E-state index >= 15 is 0 Å². The van der Waals surface area contributed by atoms with Gasteiger partial charge in [0.15, 0.2) is 0 Å². The van der Waals surface area contributed by atoms with E-state index in [1.807, 2.05) is 0 Å². The molecule has 1 N–H and O–H groups in total. The maximum absolute atomic E-state index is 11.9. The second-order valence-electron chi connectivity index (χ2n) is 2.59. The third-order valence-corrected chi connectivity index (χ3v) is 1.58. The summed E-state index contributed by atoms with van der Waals surface area (Å²) in [4.78, 5) is 0. The Morgan fingerprint density at radius 1 is 1.17 bits per heavy atom. The number of rotatable bonds is 3. The van der Waals surface area contributed by atoms with Gasteiger partial charge in [-0.25, -0.2) is 8.78 Å². The molecule has 1 aromatic carbocycles. The maximum Gasteiger partial charge on any atom is 0.264 e. The van der Waals surface area contributed by atoms with E-state index < -0.39 is 12.5 Å². The third-order valence-electron chi connectivity index (χ3n) is 1.58. The Balaban J connectivity index is 2.53. The Bertz CT molecular complexity index is 223. The van der Waals surface area contributed by atoms with Gasteiger partial charge in [-0.15, -0.1) is 0 Å². The first kappa shape index (κ1) is 9.13. The van der Waals surface area contributed by atoms with Crippen molar-refractivity contribution in [3.63, 3.8) is 0 Å². The minimum atomic E-state index is -2.66. The van der Waals surface area contributed by atoms with E-state index in [4.69, 9.17) is 5.11 Å². The molecule has 1 unspecified atom stereocenters. The van der Waals surface area contributed by atoms with Crippen LogP contribution < -0.4 is 0 Å². The average Bonchev–Trinajstić information content (AvgIpc) is 2.06. The topological polar surface area (TPSA) is 20.2 Å². The van der Waals surface area contributed by atoms with Gasteiger partial charge in [-0.2, -0.15) is 0 Å². The summed E-state index contributed by atoms with van der Waals surface area (Å²) in [7, 11) is 0. The van der Waals surface area contributed by atoms with Crippen LogP contribution in [-0.2, 0) is 6.42 Å². The summed E-state index contributed by atoms with van der Waals surface area (Å²) in [5.74, 6) is 0. The van der Waals surface area contributed by atoms with Gasteiger partial charge in [-0.3, -0.25) is 0 Å². The van der Waals surface area contributed by atoms with Gasteiger partial charge in [-0.05, 0) is 5.56 Å². The van der Waals surface area contributed by atoms with Gasteiger partial charge in [0.25, 0.3) is 6.43 Å². The van der Waals surface area contributed by atoms with Crippen LogP contribution in [0.1, 0.15) is 5.56 Å². The lowest BCUT2D eigenvalue weighted by atomic mass is 10.1. The standard InChI is InChI=1S/C9H10F2O/c10-9(11)8(12)6-7-4-2-1-3-5-7/h1-5,8-9,12H,6H2. The largest absolute Gasteiger partial charge is 0.387 e. The molecule has 1 atom stereocenters. The SMILES string of the molecule is OC(Cc1ccccc1)C(F)F. The molecule has 0 heterocycles. The van der Waals surface area contributed by atoms with Crippen LogP contribution in [-0.4, -0.2) is 17.6 Å². The van der Waals surface area contributed by atoms with Crippen molar-refractivity contribution in [2.24, 2.45) is 0 Å². The van der Waals surface area contributed by atoms with Crippen molar-refractivity contribution in [3.05, 3.63) is 35.9 Å². The summed E-state index contributed by atoms with van der Waals surface area (Å²) >= 11 is 0. The molecule has 0 aromatic heterocycles. The lowest BCUT2D eigenvalue weighted by Crippen LogP contribution is -2.19. The van der Waals surface area contributed by atoms with Crippen LogP contribution in [0.25, 0.3) is 0 Å². The zero-order chi connectivity index (χ0) is 8.97. The fourth-order valence-corrected chi connectivity index (χ4v) is 0.945. The molecular weight excluding hydrogens is 162 g/mol. The van der Waals surface area contributed by atoms with Crippen LogP contribution in [0.3, 0.4) is 0 Å². The Labute approximate surface area is 69.7 Å². The molecule has 0 aliphatic rings. The normalized spacial score (nSPS) is 13.3. The molecule has 0 spiro atoms. The highest BCUT2D eigenvalue weighted by molar-refractivity contribution is 5.15. The molecule has 0 radical (unpaired) electrons. The quantitative estimate of drug-likeness (QED) is 0.737. The molecule has 0 saturated heterocycles. The van der Waals surface area contributed by atoms with Crippen LogP contribution in [0.4, 0.5) is 8.78 Å². The molecule has 1 aromatic rings. The predicted molar refractivity (Wildman–Crippen MR) is 42.2 cm³/mol. The molecule has 0 aliphatic heterocycles. The molecule has 66 valence electrons. The van der Waals surface area contributed by atoms with Crippen molar-refractivity contribution >= 4 is 0 Å². The minimum absolute atomic E-state index is 0.0124. The number of hydrogen-bond donors (Lipinski definition) is 1. The van der Waals surface area contributed by atoms with Crippen molar-refractivity contribution in [1.29, 1.82) is 0 Å². The van der Waals surface area contributed by atoms with E-state index in [9.17, 15) is 8.78 Å². The molecule has 0 aliphatic carbocycles. The predicted octanol–water partition coefficient (Wildman–Crippen LogP) is 1.86. The first-order chi connectivity index (χ1) is 5.70. The van der Waals surface area contributed by atoms with Crippen molar-refractivity contribution < 1.29 is 13.9 Å². The van der Waals surface area contributed by atoms with Crippen LogP contribution in [0.5, 0.6) is 0 Å². The van der Waals surface area contributed by atoms with Crippen LogP contribution in [0.2, 0.25) is 0 Å². The zero-order valence-corrected chi connectivity index (χ0v) is 6.45. The number of halogens is 2. The first-order valence-corrected chi connectivity index (χ1v) is 3.70. The van der Waals surface area contributed by atoms with Crippen molar-refractivity contribution in [2.45, 2.75) is 19.0 Å². The Morgan fingerprint density at radius 2 is 1.75 bits per heavy atom. The second kappa shape index (κ2) is 4.16. The van der Waals surface area contributed by atoms with E-state index in [0.29, 0.717) is 0 Å². The summed E-state index contributed by atoms with van der Waals surface area (Å²) in [6, 6.07) is 8.75. The number of alkyl halides is 2. The molecule has 12 heavy (non-hydrogen) atoms. The number of hydrogen-bond acceptors (Lipinski definition) is 1. The first-order valence-electron chi connectivity index (χ1n) is 3.70. The van der Waals surface area contributed by atoms with Crippen molar-refractivity contribution in [1.82, 2.24) is 0 Å². The lowest BCUT2D eigenvalue weighted by Gasteiger charge is -2.08. The number of benzene rings is 1. The molecule has 0 fully saturated rings. The molecule has 0 saturated carbocycles. The number of aliphatic hydroxyl groups is 1. The molecule has 1 nitrogen and oxygen atoms in total. The summed E-state index contributed by atoms with van der Waals surface area (Å²) in [6.45, 7) is 0. The molecule has 3 heteroatoms. The Hall–Kier alpha value is -0.960. The van der Waals surface area contributed by atoms with Crippen molar-refractivity contribution in [3.8, 4) is 0 Å². The highest BCUT2D eigenvalue weighted by Crippen LogP contribution is 2.08. The van der Waals surface area contributed by atoms with Gasteiger partial charge in [0.1, 0.15) is 6.10 Å². The molecule has 0 bridgehead atoms. The van der Waals surface area contributed by atoms with E-state index in [0.717, 1.165) is 5.56 Å². The monoisotopic (exact) mass is 172 g/mol. The minimum Gasteiger partial charge on any atom is -0.387 e. The smallest absolute Gasteiger partial charge is 0.264 e. The fourth-order valence-electron chi connectivity index (χ4n) is 0.945. The van der Waals surface area contributed by atoms with Gasteiger partial charge in [-0.1, -0.05) is 30.3 Å². The van der Waals surface area contributed by atoms with Gasteiger partial charge < -0.3 is 5.11 Å². The summed E-state index contributed by atoms with van der Waals surface area (Å²) in [5.41, 5.74) is 0.727. The van der Waals surface area contributed by atoms with Gasteiger partial charge in [0, 0.05) is 6.42 Å². The highest BCUT2D eigenvalue weighted by Gasteiger charge is 2.16. The van der Waals surface area contributed by atoms with Gasteiger partial charge >= 0.3 is 0 Å². The summed E-state index contributed by atoms with van der Waals surface area (Å²) < 4.78 is 23.7. The lowest BCUT2D eigenvalue weighted by molar-refractivity contribution is -0.00365. The number of aliphatic hydroxyl groups excluding tert-OH is 1. The van der Waals surface area contributed by atoms with Crippen LogP contribution >= 0.6 is 0 Å². The highest BCUT2D eigenvalue weighted by atomic mass is 19.3. The third kappa shape index (κ3) is 2.58. The molecular formula is C9H10F2O. The van der Waals surface area contributed by atoms with Gasteiger partial charge in [0.05, 0.1) is 0 Å². The van der Waals surface area contributed by atoms with Gasteiger partial charge in [0.2, 0.25) is 0 Å². The maximum atomic E-state index is 11.9. The van der Waals surface area contributed by atoms with E-state index in [-0.39, 0.29) is 6.42 Å². The summed E-state index contributed by atoms with van der Waals surface area (Å²) in [6.07, 6.45) is -4.20. The summed E-state index contributed by atoms with van der Waals surface area (Å²) in [5, 5.41) is 8.83. The van der Waals surface area contributed by atoms with E-state index in [1.54, 1.807) is 30.3 Å². The Morgan fingerprint density at radius 3 is 2.25 bits per heavy atom. The fraction of sp³-hybridized carbons (Fsp3) is 0.333. The molecule has 1 rings (SSSR count). The molecule has 0 amide bonds. The van der Waals surface area contributed by atoms with E-state index in [1.165, 1.54) is 0 Å². The van der Waals surface area contributed by atoms with Crippen LogP contribution in [0.15, 0.2) is 30.3 Å². The van der Waals surface area contributed by atoms with Crippen LogP contribution in [0, 0.1) is 0 Å². The van der Waals surface area contributed by atoms with E-state index in [2.05, 4.69) is 0 Å².